The number of halogens is 1. The molecular weight excluding hydrogens is 326 g/mol. The molecule has 7 nitrogen and oxygen atoms in total. The van der Waals surface area contributed by atoms with Gasteiger partial charge in [-0.2, -0.15) is 0 Å². The number of hydrogen-bond acceptors (Lipinski definition) is 5. The minimum atomic E-state index is -0.255. The molecule has 104 valence electrons. The highest BCUT2D eigenvalue weighted by atomic mass is 79.9. The zero-order valence-electron chi connectivity index (χ0n) is 10.5. The number of aromatic amines is 1. The molecule has 0 radical (unpaired) electrons. The van der Waals surface area contributed by atoms with Crippen LogP contribution in [0.5, 0.6) is 0 Å². The van der Waals surface area contributed by atoms with Crippen molar-refractivity contribution in [3.63, 3.8) is 0 Å². The van der Waals surface area contributed by atoms with Crippen LogP contribution >= 0.6 is 15.9 Å². The standard InChI is InChI=1S/C12H12BrN5O2/c1-18(11-9(13)12(19)16-6-15-11)8-4-2-7(3-5-8)10(14)17-20/h2-6,20H,1H3,(H2,14,17)(H,15,16,19). The Balaban J connectivity index is 2.36. The second kappa shape index (κ2) is 5.74. The molecule has 0 unspecified atom stereocenters. The molecule has 8 heteroatoms. The zero-order valence-corrected chi connectivity index (χ0v) is 12.1. The molecular formula is C12H12BrN5O2. The highest BCUT2D eigenvalue weighted by Gasteiger charge is 2.12. The first kappa shape index (κ1) is 14.1. The highest BCUT2D eigenvalue weighted by molar-refractivity contribution is 9.10. The second-order valence-corrected chi connectivity index (χ2v) is 4.75. The van der Waals surface area contributed by atoms with Crippen molar-refractivity contribution in [1.29, 1.82) is 0 Å². The Hall–Kier alpha value is -2.35. The lowest BCUT2D eigenvalue weighted by atomic mass is 10.2. The molecule has 0 aliphatic rings. The number of benzene rings is 1. The second-order valence-electron chi connectivity index (χ2n) is 3.96. The Labute approximate surface area is 122 Å². The molecule has 0 atom stereocenters. The molecule has 0 bridgehead atoms. The number of oxime groups is 1. The quantitative estimate of drug-likeness (QED) is 0.339. The summed E-state index contributed by atoms with van der Waals surface area (Å²) in [5.41, 5.74) is 6.65. The fraction of sp³-hybridized carbons (Fsp3) is 0.0833. The van der Waals surface area contributed by atoms with E-state index in [2.05, 4.69) is 31.1 Å². The predicted molar refractivity (Wildman–Crippen MR) is 79.6 cm³/mol. The number of H-pyrrole nitrogens is 1. The van der Waals surface area contributed by atoms with Crippen LogP contribution in [-0.2, 0) is 0 Å². The van der Waals surface area contributed by atoms with Gasteiger partial charge in [0.25, 0.3) is 5.56 Å². The molecule has 0 aliphatic carbocycles. The lowest BCUT2D eigenvalue weighted by Gasteiger charge is -2.19. The maximum absolute atomic E-state index is 11.5. The smallest absolute Gasteiger partial charge is 0.267 e. The van der Waals surface area contributed by atoms with E-state index in [0.29, 0.717) is 15.9 Å². The highest BCUT2D eigenvalue weighted by Crippen LogP contribution is 2.25. The van der Waals surface area contributed by atoms with Crippen LogP contribution in [0.15, 0.2) is 45.0 Å². The van der Waals surface area contributed by atoms with Crippen LogP contribution in [0.4, 0.5) is 11.5 Å². The van der Waals surface area contributed by atoms with Crippen molar-refractivity contribution in [3.05, 3.63) is 51.0 Å². The van der Waals surface area contributed by atoms with Crippen LogP contribution in [-0.4, -0.2) is 28.1 Å². The van der Waals surface area contributed by atoms with Crippen molar-refractivity contribution in [2.45, 2.75) is 0 Å². The summed E-state index contributed by atoms with van der Waals surface area (Å²) in [5.74, 6) is 0.528. The van der Waals surface area contributed by atoms with E-state index in [-0.39, 0.29) is 11.4 Å². The fourth-order valence-electron chi connectivity index (χ4n) is 1.64. The summed E-state index contributed by atoms with van der Waals surface area (Å²) in [5, 5.41) is 11.5. The maximum Gasteiger partial charge on any atom is 0.267 e. The van der Waals surface area contributed by atoms with Gasteiger partial charge in [0.1, 0.15) is 4.47 Å². The fourth-order valence-corrected chi connectivity index (χ4v) is 2.13. The number of nitrogens with zero attached hydrogens (tertiary/aromatic N) is 3. The monoisotopic (exact) mass is 337 g/mol. The first-order valence-corrected chi connectivity index (χ1v) is 6.38. The molecule has 2 aromatic rings. The first-order valence-electron chi connectivity index (χ1n) is 5.59. The Morgan fingerprint density at radius 1 is 1.45 bits per heavy atom. The average Bonchev–Trinajstić information content (AvgIpc) is 2.48. The van der Waals surface area contributed by atoms with Gasteiger partial charge in [0.15, 0.2) is 11.7 Å². The number of hydrogen-bond donors (Lipinski definition) is 3. The van der Waals surface area contributed by atoms with E-state index in [1.165, 1.54) is 6.33 Å². The van der Waals surface area contributed by atoms with Gasteiger partial charge in [-0.1, -0.05) is 5.16 Å². The van der Waals surface area contributed by atoms with Crippen molar-refractivity contribution in [3.8, 4) is 0 Å². The van der Waals surface area contributed by atoms with E-state index in [4.69, 9.17) is 10.9 Å². The lowest BCUT2D eigenvalue weighted by molar-refractivity contribution is 0.318. The topological polar surface area (TPSA) is 108 Å². The van der Waals surface area contributed by atoms with E-state index in [1.54, 1.807) is 36.2 Å². The minimum Gasteiger partial charge on any atom is -0.409 e. The van der Waals surface area contributed by atoms with E-state index in [9.17, 15) is 4.79 Å². The third kappa shape index (κ3) is 2.64. The van der Waals surface area contributed by atoms with Gasteiger partial charge in [-0.15, -0.1) is 0 Å². The van der Waals surface area contributed by atoms with Crippen LogP contribution < -0.4 is 16.2 Å². The largest absolute Gasteiger partial charge is 0.409 e. The molecule has 1 aromatic heterocycles. The summed E-state index contributed by atoms with van der Waals surface area (Å²) in [7, 11) is 1.78. The molecule has 0 amide bonds. The molecule has 2 rings (SSSR count). The average molecular weight is 338 g/mol. The van der Waals surface area contributed by atoms with Crippen molar-refractivity contribution >= 4 is 33.3 Å². The minimum absolute atomic E-state index is 0.0367. The van der Waals surface area contributed by atoms with Crippen LogP contribution in [0.2, 0.25) is 0 Å². The zero-order chi connectivity index (χ0) is 14.7. The number of amidine groups is 1. The van der Waals surface area contributed by atoms with Gasteiger partial charge in [0.05, 0.1) is 6.33 Å². The maximum atomic E-state index is 11.5. The summed E-state index contributed by atoms with van der Waals surface area (Å²) in [4.78, 5) is 19.9. The molecule has 0 saturated carbocycles. The lowest BCUT2D eigenvalue weighted by Crippen LogP contribution is -2.18. The van der Waals surface area contributed by atoms with E-state index < -0.39 is 0 Å². The Morgan fingerprint density at radius 3 is 2.70 bits per heavy atom. The third-order valence-corrected chi connectivity index (χ3v) is 3.47. The summed E-state index contributed by atoms with van der Waals surface area (Å²) in [6.07, 6.45) is 1.34. The molecule has 0 fully saturated rings. The number of anilines is 2. The summed E-state index contributed by atoms with van der Waals surface area (Å²) < 4.78 is 0.350. The Kier molecular flexibility index (Phi) is 4.04. The van der Waals surface area contributed by atoms with E-state index in [1.807, 2.05) is 0 Å². The molecule has 0 aliphatic heterocycles. The van der Waals surface area contributed by atoms with Crippen LogP contribution in [0.25, 0.3) is 0 Å². The molecule has 4 N–H and O–H groups in total. The first-order chi connectivity index (χ1) is 9.54. The van der Waals surface area contributed by atoms with Crippen LogP contribution in [0.3, 0.4) is 0 Å². The van der Waals surface area contributed by atoms with Crippen molar-refractivity contribution in [2.75, 3.05) is 11.9 Å². The molecule has 0 saturated heterocycles. The van der Waals surface area contributed by atoms with Gasteiger partial charge in [-0.3, -0.25) is 4.79 Å². The van der Waals surface area contributed by atoms with Crippen LogP contribution in [0.1, 0.15) is 5.56 Å². The number of rotatable bonds is 3. The molecule has 1 heterocycles. The van der Waals surface area contributed by atoms with Gasteiger partial charge >= 0.3 is 0 Å². The van der Waals surface area contributed by atoms with Gasteiger partial charge in [-0.05, 0) is 40.2 Å². The predicted octanol–water partition coefficient (Wildman–Crippen LogP) is 1.39. The van der Waals surface area contributed by atoms with E-state index in [0.717, 1.165) is 5.69 Å². The third-order valence-electron chi connectivity index (χ3n) is 2.75. The Bertz CT molecular complexity index is 696. The van der Waals surface area contributed by atoms with Gasteiger partial charge in [-0.25, -0.2) is 4.98 Å². The SMILES string of the molecule is CN(c1ccc(/C(N)=N/O)cc1)c1nc[nH]c(=O)c1Br. The summed E-state index contributed by atoms with van der Waals surface area (Å²) in [6, 6.07) is 6.98. The summed E-state index contributed by atoms with van der Waals surface area (Å²) in [6.45, 7) is 0. The number of nitrogens with one attached hydrogen (secondary N) is 1. The van der Waals surface area contributed by atoms with E-state index >= 15 is 0 Å². The molecule has 0 spiro atoms. The van der Waals surface area contributed by atoms with Crippen molar-refractivity contribution in [1.82, 2.24) is 9.97 Å². The van der Waals surface area contributed by atoms with Gasteiger partial charge < -0.3 is 20.8 Å². The number of nitrogens with two attached hydrogens (primary N) is 1. The molecule has 1 aromatic carbocycles. The molecule has 20 heavy (non-hydrogen) atoms. The Morgan fingerprint density at radius 2 is 2.10 bits per heavy atom. The van der Waals surface area contributed by atoms with Gasteiger partial charge in [0.2, 0.25) is 0 Å². The van der Waals surface area contributed by atoms with Gasteiger partial charge in [0, 0.05) is 18.3 Å². The number of aromatic nitrogens is 2. The van der Waals surface area contributed by atoms with Crippen molar-refractivity contribution < 1.29 is 5.21 Å². The van der Waals surface area contributed by atoms with Crippen LogP contribution in [0, 0.1) is 0 Å². The normalized spacial score (nSPS) is 11.4. The van der Waals surface area contributed by atoms with Crippen molar-refractivity contribution in [2.24, 2.45) is 10.9 Å². The summed E-state index contributed by atoms with van der Waals surface area (Å²) >= 11 is 3.21.